The molecule has 0 bridgehead atoms. The lowest BCUT2D eigenvalue weighted by Gasteiger charge is -2.12. The van der Waals surface area contributed by atoms with Crippen molar-refractivity contribution in [3.8, 4) is 17.0 Å². The predicted molar refractivity (Wildman–Crippen MR) is 117 cm³/mol. The fourth-order valence-electron chi connectivity index (χ4n) is 3.21. The van der Waals surface area contributed by atoms with Gasteiger partial charge in [-0.05, 0) is 35.7 Å². The van der Waals surface area contributed by atoms with Crippen molar-refractivity contribution in [2.75, 3.05) is 19.5 Å². The first-order valence-electron chi connectivity index (χ1n) is 9.12. The number of aromatic nitrogens is 1. The highest BCUT2D eigenvalue weighted by atomic mass is 32.1. The van der Waals surface area contributed by atoms with Gasteiger partial charge in [-0.25, -0.2) is 9.78 Å². The lowest BCUT2D eigenvalue weighted by molar-refractivity contribution is 0.0607. The number of thiophene rings is 1. The van der Waals surface area contributed by atoms with Crippen molar-refractivity contribution >= 4 is 39.8 Å². The number of carbonyl (C=O) groups excluding carboxylic acids is 2. The molecule has 0 aliphatic carbocycles. The van der Waals surface area contributed by atoms with Crippen LogP contribution in [0.5, 0.6) is 5.75 Å². The summed E-state index contributed by atoms with van der Waals surface area (Å²) in [4.78, 5) is 30.2. The minimum atomic E-state index is -0.491. The molecule has 2 aromatic carbocycles. The van der Waals surface area contributed by atoms with Crippen LogP contribution in [0.1, 0.15) is 20.0 Å². The fourth-order valence-corrected chi connectivity index (χ4v) is 3.97. The van der Waals surface area contributed by atoms with Gasteiger partial charge in [0.15, 0.2) is 0 Å². The number of esters is 1. The number of anilines is 1. The van der Waals surface area contributed by atoms with Gasteiger partial charge in [0.25, 0.3) is 5.91 Å². The third-order valence-corrected chi connectivity index (χ3v) is 5.52. The highest BCUT2D eigenvalue weighted by Gasteiger charge is 2.19. The third kappa shape index (κ3) is 3.62. The van der Waals surface area contributed by atoms with E-state index in [0.717, 1.165) is 5.56 Å². The molecule has 30 heavy (non-hydrogen) atoms. The molecule has 0 spiro atoms. The van der Waals surface area contributed by atoms with E-state index < -0.39 is 5.97 Å². The van der Waals surface area contributed by atoms with Gasteiger partial charge >= 0.3 is 5.97 Å². The van der Waals surface area contributed by atoms with E-state index in [0.29, 0.717) is 38.5 Å². The summed E-state index contributed by atoms with van der Waals surface area (Å²) in [7, 11) is 2.90. The summed E-state index contributed by atoms with van der Waals surface area (Å²) in [6.45, 7) is 0. The van der Waals surface area contributed by atoms with Crippen molar-refractivity contribution in [3.63, 3.8) is 0 Å². The number of pyridine rings is 1. The zero-order valence-corrected chi connectivity index (χ0v) is 17.2. The molecule has 0 aliphatic rings. The number of fused-ring (bicyclic) bond motifs is 1. The standard InChI is InChI=1S/C23H18N2O4S/c1-28-20-10-6-4-8-15(20)19-13-16(14-7-3-5-9-17(14)24-19)22(26)25-18-11-12-30-21(18)23(27)29-2/h3-13H,1-2H3,(H,25,26). The van der Waals surface area contributed by atoms with E-state index in [-0.39, 0.29) is 5.91 Å². The SMILES string of the molecule is COC(=O)c1sccc1NC(=O)c1cc(-c2ccccc2OC)nc2ccccc12. The van der Waals surface area contributed by atoms with Crippen molar-refractivity contribution in [2.24, 2.45) is 0 Å². The molecule has 4 rings (SSSR count). The molecule has 2 heterocycles. The van der Waals surface area contributed by atoms with Crippen molar-refractivity contribution < 1.29 is 19.1 Å². The molecule has 1 amide bonds. The molecule has 150 valence electrons. The largest absolute Gasteiger partial charge is 0.496 e. The Morgan fingerprint density at radius 1 is 1.00 bits per heavy atom. The molecule has 2 aromatic heterocycles. The van der Waals surface area contributed by atoms with Crippen molar-refractivity contribution in [1.29, 1.82) is 0 Å². The summed E-state index contributed by atoms with van der Waals surface area (Å²) >= 11 is 1.21. The average molecular weight is 418 g/mol. The smallest absolute Gasteiger partial charge is 0.350 e. The Balaban J connectivity index is 1.81. The van der Waals surface area contributed by atoms with Crippen LogP contribution < -0.4 is 10.1 Å². The molecule has 0 saturated carbocycles. The number of benzene rings is 2. The first kappa shape index (κ1) is 19.6. The van der Waals surface area contributed by atoms with Crippen LogP contribution in [0.15, 0.2) is 66.0 Å². The van der Waals surface area contributed by atoms with E-state index in [2.05, 4.69) is 5.32 Å². The Morgan fingerprint density at radius 3 is 2.57 bits per heavy atom. The highest BCUT2D eigenvalue weighted by Crippen LogP contribution is 2.32. The summed E-state index contributed by atoms with van der Waals surface area (Å²) in [6.07, 6.45) is 0. The van der Waals surface area contributed by atoms with Crippen LogP contribution in [0.3, 0.4) is 0 Å². The molecule has 7 heteroatoms. The van der Waals surface area contributed by atoms with E-state index in [9.17, 15) is 9.59 Å². The van der Waals surface area contributed by atoms with Gasteiger partial charge in [0, 0.05) is 10.9 Å². The number of nitrogens with one attached hydrogen (secondary N) is 1. The number of hydrogen-bond acceptors (Lipinski definition) is 6. The number of hydrogen-bond donors (Lipinski definition) is 1. The zero-order valence-electron chi connectivity index (χ0n) is 16.3. The molecular formula is C23H18N2O4S. The first-order chi connectivity index (χ1) is 14.6. The van der Waals surface area contributed by atoms with Gasteiger partial charge in [0.2, 0.25) is 0 Å². The monoisotopic (exact) mass is 418 g/mol. The Labute approximate surface area is 177 Å². The maximum atomic E-state index is 13.2. The summed E-state index contributed by atoms with van der Waals surface area (Å²) in [5, 5.41) is 5.27. The average Bonchev–Trinajstić information content (AvgIpc) is 3.25. The van der Waals surface area contributed by atoms with Gasteiger partial charge in [-0.2, -0.15) is 0 Å². The number of rotatable bonds is 5. The molecular weight excluding hydrogens is 400 g/mol. The first-order valence-corrected chi connectivity index (χ1v) is 10.0. The maximum absolute atomic E-state index is 13.2. The molecule has 4 aromatic rings. The van der Waals surface area contributed by atoms with Gasteiger partial charge in [0.05, 0.1) is 36.7 Å². The van der Waals surface area contributed by atoms with E-state index in [1.165, 1.54) is 18.4 Å². The van der Waals surface area contributed by atoms with Gasteiger partial charge in [-0.1, -0.05) is 30.3 Å². The fraction of sp³-hybridized carbons (Fsp3) is 0.0870. The van der Waals surface area contributed by atoms with Gasteiger partial charge in [-0.15, -0.1) is 11.3 Å². The Morgan fingerprint density at radius 2 is 1.77 bits per heavy atom. The van der Waals surface area contributed by atoms with Crippen molar-refractivity contribution in [2.45, 2.75) is 0 Å². The zero-order chi connectivity index (χ0) is 21.1. The molecule has 0 fully saturated rings. The predicted octanol–water partition coefficient (Wildman–Crippen LogP) is 5.01. The molecule has 0 saturated heterocycles. The lowest BCUT2D eigenvalue weighted by Crippen LogP contribution is -2.15. The van der Waals surface area contributed by atoms with E-state index in [1.807, 2.05) is 48.5 Å². The Hall–Kier alpha value is -3.71. The summed E-state index contributed by atoms with van der Waals surface area (Å²) in [5.41, 5.74) is 2.95. The Kier molecular flexibility index (Phi) is 5.45. The Bertz CT molecular complexity index is 1250. The lowest BCUT2D eigenvalue weighted by atomic mass is 10.0. The number of para-hydroxylation sites is 2. The number of carbonyl (C=O) groups is 2. The van der Waals surface area contributed by atoms with Crippen molar-refractivity contribution in [1.82, 2.24) is 4.98 Å². The van der Waals surface area contributed by atoms with Crippen LogP contribution in [0, 0.1) is 0 Å². The second kappa shape index (κ2) is 8.34. The minimum absolute atomic E-state index is 0.340. The van der Waals surface area contributed by atoms with Crippen LogP contribution in [-0.2, 0) is 4.74 Å². The van der Waals surface area contributed by atoms with Gasteiger partial charge in [0.1, 0.15) is 10.6 Å². The minimum Gasteiger partial charge on any atom is -0.496 e. The van der Waals surface area contributed by atoms with Gasteiger partial charge in [-0.3, -0.25) is 4.79 Å². The normalized spacial score (nSPS) is 10.6. The van der Waals surface area contributed by atoms with Crippen LogP contribution in [0.4, 0.5) is 5.69 Å². The van der Waals surface area contributed by atoms with E-state index >= 15 is 0 Å². The van der Waals surface area contributed by atoms with Crippen LogP contribution in [-0.4, -0.2) is 31.1 Å². The number of amides is 1. The topological polar surface area (TPSA) is 77.5 Å². The van der Waals surface area contributed by atoms with Crippen LogP contribution >= 0.6 is 11.3 Å². The third-order valence-electron chi connectivity index (χ3n) is 4.63. The van der Waals surface area contributed by atoms with Crippen LogP contribution in [0.2, 0.25) is 0 Å². The second-order valence-corrected chi connectivity index (χ2v) is 7.30. The molecule has 0 radical (unpaired) electrons. The number of ether oxygens (including phenoxy) is 2. The second-order valence-electron chi connectivity index (χ2n) is 6.38. The summed E-state index contributed by atoms with van der Waals surface area (Å²) in [6, 6.07) is 18.4. The number of nitrogens with zero attached hydrogens (tertiary/aromatic N) is 1. The molecule has 0 unspecified atom stereocenters. The quantitative estimate of drug-likeness (QED) is 0.461. The molecule has 0 aliphatic heterocycles. The van der Waals surface area contributed by atoms with E-state index in [1.54, 1.807) is 24.6 Å². The van der Waals surface area contributed by atoms with Crippen molar-refractivity contribution in [3.05, 3.63) is 76.5 Å². The molecule has 6 nitrogen and oxygen atoms in total. The summed E-state index contributed by atoms with van der Waals surface area (Å²) < 4.78 is 10.3. The highest BCUT2D eigenvalue weighted by molar-refractivity contribution is 7.12. The van der Waals surface area contributed by atoms with Gasteiger partial charge < -0.3 is 14.8 Å². The maximum Gasteiger partial charge on any atom is 0.350 e. The van der Waals surface area contributed by atoms with Crippen LogP contribution in [0.25, 0.3) is 22.2 Å². The molecule has 1 N–H and O–H groups in total. The number of methoxy groups -OCH3 is 2. The van der Waals surface area contributed by atoms with E-state index in [4.69, 9.17) is 14.5 Å². The molecule has 0 atom stereocenters. The summed E-state index contributed by atoms with van der Waals surface area (Å²) in [5.74, 6) is -0.166.